The van der Waals surface area contributed by atoms with Crippen LogP contribution < -0.4 is 5.73 Å². The average Bonchev–Trinajstić information content (AvgIpc) is 2.20. The number of hydrogen-bond donors (Lipinski definition) is 1. The third-order valence-corrected chi connectivity index (χ3v) is 1.75. The highest BCUT2D eigenvalue weighted by atomic mass is 16.5. The third kappa shape index (κ3) is 4.00. The van der Waals surface area contributed by atoms with Gasteiger partial charge >= 0.3 is 5.97 Å². The summed E-state index contributed by atoms with van der Waals surface area (Å²) in [6, 6.07) is 3.80. The molecule has 0 unspecified atom stereocenters. The second kappa shape index (κ2) is 6.10. The molecule has 0 radical (unpaired) electrons. The van der Waals surface area contributed by atoms with Crippen molar-refractivity contribution in [2.75, 3.05) is 13.2 Å². The Morgan fingerprint density at radius 2 is 2.14 bits per heavy atom. The summed E-state index contributed by atoms with van der Waals surface area (Å²) in [6.07, 6.45) is 4.45. The van der Waals surface area contributed by atoms with E-state index < -0.39 is 0 Å². The van der Waals surface area contributed by atoms with E-state index in [9.17, 15) is 4.79 Å². The number of ether oxygens (including phenoxy) is 1. The van der Waals surface area contributed by atoms with E-state index in [-0.39, 0.29) is 12.4 Å². The molecule has 0 fully saturated rings. The molecule has 0 aliphatic carbocycles. The number of aromatic nitrogens is 1. The van der Waals surface area contributed by atoms with Gasteiger partial charge in [0.1, 0.15) is 0 Å². The Kier molecular flexibility index (Phi) is 4.64. The fourth-order valence-electron chi connectivity index (χ4n) is 1.02. The summed E-state index contributed by atoms with van der Waals surface area (Å²) in [5.41, 5.74) is 6.31. The van der Waals surface area contributed by atoms with Crippen molar-refractivity contribution in [3.05, 3.63) is 30.1 Å². The molecule has 1 aromatic rings. The molecule has 0 spiro atoms. The first-order valence-electron chi connectivity index (χ1n) is 4.57. The second-order valence-electron chi connectivity index (χ2n) is 2.86. The molecular weight excluding hydrogens is 180 g/mol. The minimum absolute atomic E-state index is 0.235. The SMILES string of the molecule is NCCC(=O)OCCc1ccncc1. The maximum Gasteiger partial charge on any atom is 0.307 e. The lowest BCUT2D eigenvalue weighted by molar-refractivity contribution is -0.143. The lowest BCUT2D eigenvalue weighted by atomic mass is 10.2. The van der Waals surface area contributed by atoms with Gasteiger partial charge in [0.2, 0.25) is 0 Å². The van der Waals surface area contributed by atoms with E-state index in [4.69, 9.17) is 10.5 Å². The first-order valence-corrected chi connectivity index (χ1v) is 4.57. The Labute approximate surface area is 83.1 Å². The molecule has 0 saturated heterocycles. The number of nitrogens with two attached hydrogens (primary N) is 1. The van der Waals surface area contributed by atoms with Gasteiger partial charge in [-0.3, -0.25) is 9.78 Å². The third-order valence-electron chi connectivity index (χ3n) is 1.75. The van der Waals surface area contributed by atoms with Gasteiger partial charge in [-0.05, 0) is 17.7 Å². The molecule has 0 aromatic carbocycles. The van der Waals surface area contributed by atoms with Gasteiger partial charge in [0.25, 0.3) is 0 Å². The lowest BCUT2D eigenvalue weighted by Crippen LogP contribution is -2.12. The molecule has 1 rings (SSSR count). The molecule has 4 nitrogen and oxygen atoms in total. The monoisotopic (exact) mass is 194 g/mol. The molecule has 14 heavy (non-hydrogen) atoms. The minimum atomic E-state index is -0.235. The van der Waals surface area contributed by atoms with E-state index in [2.05, 4.69) is 4.98 Å². The molecule has 0 aliphatic rings. The first kappa shape index (κ1) is 10.7. The molecule has 0 amide bonds. The molecule has 0 aliphatic heterocycles. The van der Waals surface area contributed by atoms with Crippen molar-refractivity contribution in [1.29, 1.82) is 0 Å². The van der Waals surface area contributed by atoms with E-state index in [0.29, 0.717) is 13.2 Å². The van der Waals surface area contributed by atoms with Crippen LogP contribution in [0.1, 0.15) is 12.0 Å². The number of rotatable bonds is 5. The Balaban J connectivity index is 2.19. The minimum Gasteiger partial charge on any atom is -0.465 e. The van der Waals surface area contributed by atoms with E-state index in [1.807, 2.05) is 12.1 Å². The number of hydrogen-bond acceptors (Lipinski definition) is 4. The van der Waals surface area contributed by atoms with Crippen LogP contribution in [-0.4, -0.2) is 24.1 Å². The van der Waals surface area contributed by atoms with Crippen LogP contribution in [0.15, 0.2) is 24.5 Å². The Hall–Kier alpha value is -1.42. The Bertz CT molecular complexity index is 275. The predicted octanol–water partition coefficient (Wildman–Crippen LogP) is 0.516. The van der Waals surface area contributed by atoms with Gasteiger partial charge in [-0.25, -0.2) is 0 Å². The molecule has 1 heterocycles. The van der Waals surface area contributed by atoms with Crippen molar-refractivity contribution < 1.29 is 9.53 Å². The number of nitrogens with zero attached hydrogens (tertiary/aromatic N) is 1. The van der Waals surface area contributed by atoms with Crippen LogP contribution in [-0.2, 0) is 16.0 Å². The lowest BCUT2D eigenvalue weighted by Gasteiger charge is -2.03. The summed E-state index contributed by atoms with van der Waals surface area (Å²) >= 11 is 0. The fourth-order valence-corrected chi connectivity index (χ4v) is 1.02. The highest BCUT2D eigenvalue weighted by Crippen LogP contribution is 1.98. The molecule has 0 saturated carbocycles. The zero-order chi connectivity index (χ0) is 10.2. The van der Waals surface area contributed by atoms with Gasteiger partial charge in [-0.2, -0.15) is 0 Å². The quantitative estimate of drug-likeness (QED) is 0.694. The predicted molar refractivity (Wildman–Crippen MR) is 52.6 cm³/mol. The highest BCUT2D eigenvalue weighted by molar-refractivity contribution is 5.69. The summed E-state index contributed by atoms with van der Waals surface area (Å²) in [5.74, 6) is -0.235. The van der Waals surface area contributed by atoms with Crippen LogP contribution in [0, 0.1) is 0 Å². The largest absolute Gasteiger partial charge is 0.465 e. The molecular formula is C10H14N2O2. The average molecular weight is 194 g/mol. The maximum absolute atomic E-state index is 10.9. The van der Waals surface area contributed by atoms with Crippen molar-refractivity contribution in [3.63, 3.8) is 0 Å². The summed E-state index contributed by atoms with van der Waals surface area (Å²) in [5, 5.41) is 0. The van der Waals surface area contributed by atoms with Crippen molar-refractivity contribution in [1.82, 2.24) is 4.98 Å². The van der Waals surface area contributed by atoms with E-state index in [1.165, 1.54) is 0 Å². The van der Waals surface area contributed by atoms with Gasteiger partial charge in [-0.15, -0.1) is 0 Å². The Morgan fingerprint density at radius 3 is 2.79 bits per heavy atom. The zero-order valence-electron chi connectivity index (χ0n) is 7.98. The summed E-state index contributed by atoms with van der Waals surface area (Å²) < 4.78 is 4.95. The smallest absolute Gasteiger partial charge is 0.307 e. The van der Waals surface area contributed by atoms with Crippen LogP contribution in [0.4, 0.5) is 0 Å². The van der Waals surface area contributed by atoms with Gasteiger partial charge in [-0.1, -0.05) is 0 Å². The van der Waals surface area contributed by atoms with Crippen molar-refractivity contribution >= 4 is 5.97 Å². The van der Waals surface area contributed by atoms with Gasteiger partial charge < -0.3 is 10.5 Å². The van der Waals surface area contributed by atoms with Gasteiger partial charge in [0.05, 0.1) is 13.0 Å². The van der Waals surface area contributed by atoms with E-state index >= 15 is 0 Å². The number of carbonyl (C=O) groups is 1. The molecule has 2 N–H and O–H groups in total. The van der Waals surface area contributed by atoms with Crippen LogP contribution >= 0.6 is 0 Å². The van der Waals surface area contributed by atoms with Gasteiger partial charge in [0.15, 0.2) is 0 Å². The summed E-state index contributed by atoms with van der Waals surface area (Å²) in [4.78, 5) is 14.8. The van der Waals surface area contributed by atoms with E-state index in [1.54, 1.807) is 12.4 Å². The van der Waals surface area contributed by atoms with Crippen molar-refractivity contribution in [3.8, 4) is 0 Å². The summed E-state index contributed by atoms with van der Waals surface area (Å²) in [6.45, 7) is 0.747. The molecule has 0 atom stereocenters. The van der Waals surface area contributed by atoms with Crippen LogP contribution in [0.2, 0.25) is 0 Å². The molecule has 0 bridgehead atoms. The summed E-state index contributed by atoms with van der Waals surface area (Å²) in [7, 11) is 0. The standard InChI is InChI=1S/C10H14N2O2/c11-5-1-10(13)14-8-4-9-2-6-12-7-3-9/h2-3,6-7H,1,4-5,8,11H2. The normalized spacial score (nSPS) is 9.79. The Morgan fingerprint density at radius 1 is 1.43 bits per heavy atom. The fraction of sp³-hybridized carbons (Fsp3) is 0.400. The van der Waals surface area contributed by atoms with Gasteiger partial charge in [0, 0.05) is 25.4 Å². The van der Waals surface area contributed by atoms with Crippen LogP contribution in [0.3, 0.4) is 0 Å². The van der Waals surface area contributed by atoms with Crippen LogP contribution in [0.25, 0.3) is 0 Å². The zero-order valence-corrected chi connectivity index (χ0v) is 7.98. The molecule has 1 aromatic heterocycles. The van der Waals surface area contributed by atoms with Crippen molar-refractivity contribution in [2.24, 2.45) is 5.73 Å². The maximum atomic E-state index is 10.9. The number of carbonyl (C=O) groups excluding carboxylic acids is 1. The van der Waals surface area contributed by atoms with E-state index in [0.717, 1.165) is 12.0 Å². The van der Waals surface area contributed by atoms with Crippen LogP contribution in [0.5, 0.6) is 0 Å². The molecule has 4 heteroatoms. The topological polar surface area (TPSA) is 65.2 Å². The number of pyridine rings is 1. The number of esters is 1. The second-order valence-corrected chi connectivity index (χ2v) is 2.86. The first-order chi connectivity index (χ1) is 6.83. The highest BCUT2D eigenvalue weighted by Gasteiger charge is 2.00. The molecule has 76 valence electrons. The van der Waals surface area contributed by atoms with Crippen molar-refractivity contribution in [2.45, 2.75) is 12.8 Å².